The predicted octanol–water partition coefficient (Wildman–Crippen LogP) is 4.82. The Bertz CT molecular complexity index is 804. The van der Waals surface area contributed by atoms with Crippen LogP contribution in [0.2, 0.25) is 0 Å². The second-order valence-electron chi connectivity index (χ2n) is 5.33. The van der Waals surface area contributed by atoms with Gasteiger partial charge in [-0.1, -0.05) is 29.8 Å². The van der Waals surface area contributed by atoms with Gasteiger partial charge in [0, 0.05) is 16.8 Å². The van der Waals surface area contributed by atoms with E-state index < -0.39 is 0 Å². The molecule has 3 aromatic rings. The quantitative estimate of drug-likeness (QED) is 0.752. The molecule has 0 spiro atoms. The summed E-state index contributed by atoms with van der Waals surface area (Å²) in [5.74, 6) is 0.626. The maximum absolute atomic E-state index is 12.4. The van der Waals surface area contributed by atoms with Gasteiger partial charge in [-0.25, -0.2) is 0 Å². The molecule has 0 bridgehead atoms. The number of hydrogen-bond acceptors (Lipinski definition) is 2. The van der Waals surface area contributed by atoms with E-state index in [9.17, 15) is 4.79 Å². The fourth-order valence-electron chi connectivity index (χ4n) is 2.40. The van der Waals surface area contributed by atoms with E-state index in [0.717, 1.165) is 22.6 Å². The van der Waals surface area contributed by atoms with Crippen LogP contribution in [-0.4, -0.2) is 5.91 Å². The highest BCUT2D eigenvalue weighted by Gasteiger charge is 2.10. The molecule has 0 unspecified atom stereocenters. The van der Waals surface area contributed by atoms with Crippen molar-refractivity contribution in [3.05, 3.63) is 77.6 Å². The van der Waals surface area contributed by atoms with Gasteiger partial charge in [0.1, 0.15) is 5.76 Å². The summed E-state index contributed by atoms with van der Waals surface area (Å²) < 4.78 is 5.37. The maximum atomic E-state index is 12.4. The molecular formula is C19H17NO2. The third-order valence-corrected chi connectivity index (χ3v) is 3.56. The Kier molecular flexibility index (Phi) is 3.79. The number of carbonyl (C=O) groups excluding carboxylic acids is 1. The van der Waals surface area contributed by atoms with Crippen molar-refractivity contribution in [2.45, 2.75) is 13.8 Å². The number of hydrogen-bond donors (Lipinski definition) is 1. The van der Waals surface area contributed by atoms with Crippen LogP contribution >= 0.6 is 0 Å². The molecule has 1 N–H and O–H groups in total. The lowest BCUT2D eigenvalue weighted by Gasteiger charge is -2.09. The number of aryl methyl sites for hydroxylation is 2. The smallest absolute Gasteiger partial charge is 0.255 e. The first-order chi connectivity index (χ1) is 10.6. The van der Waals surface area contributed by atoms with Crippen LogP contribution in [0, 0.1) is 13.8 Å². The standard InChI is InChI=1S/C19H17NO2/c1-13-8-9-17(14(2)11-13)20-19(21)16-6-3-5-15(12-16)18-7-4-10-22-18/h3-12H,1-2H3,(H,20,21). The second-order valence-corrected chi connectivity index (χ2v) is 5.33. The van der Waals surface area contributed by atoms with Crippen LogP contribution in [0.4, 0.5) is 5.69 Å². The molecule has 3 heteroatoms. The van der Waals surface area contributed by atoms with Gasteiger partial charge in [0.25, 0.3) is 5.91 Å². The molecule has 3 rings (SSSR count). The van der Waals surface area contributed by atoms with Gasteiger partial charge in [0.05, 0.1) is 6.26 Å². The molecule has 3 nitrogen and oxygen atoms in total. The molecule has 1 heterocycles. The van der Waals surface area contributed by atoms with Gasteiger partial charge in [-0.2, -0.15) is 0 Å². The third kappa shape index (κ3) is 2.93. The molecule has 0 aliphatic carbocycles. The van der Waals surface area contributed by atoms with Crippen LogP contribution < -0.4 is 5.32 Å². The van der Waals surface area contributed by atoms with E-state index in [1.165, 1.54) is 5.56 Å². The fourth-order valence-corrected chi connectivity index (χ4v) is 2.40. The van der Waals surface area contributed by atoms with Crippen LogP contribution in [0.5, 0.6) is 0 Å². The first kappa shape index (κ1) is 14.1. The van der Waals surface area contributed by atoms with Crippen molar-refractivity contribution in [1.29, 1.82) is 0 Å². The second kappa shape index (κ2) is 5.90. The largest absolute Gasteiger partial charge is 0.464 e. The van der Waals surface area contributed by atoms with E-state index in [1.54, 1.807) is 12.3 Å². The average molecular weight is 291 g/mol. The molecule has 0 fully saturated rings. The molecule has 1 amide bonds. The highest BCUT2D eigenvalue weighted by atomic mass is 16.3. The number of furan rings is 1. The summed E-state index contributed by atoms with van der Waals surface area (Å²) in [5, 5.41) is 2.96. The van der Waals surface area contributed by atoms with E-state index in [4.69, 9.17) is 4.42 Å². The number of carbonyl (C=O) groups is 1. The van der Waals surface area contributed by atoms with E-state index in [0.29, 0.717) is 5.56 Å². The summed E-state index contributed by atoms with van der Waals surface area (Å²) in [4.78, 5) is 12.4. The summed E-state index contributed by atoms with van der Waals surface area (Å²) in [5.41, 5.74) is 4.55. The van der Waals surface area contributed by atoms with Crippen molar-refractivity contribution < 1.29 is 9.21 Å². The molecule has 1 aromatic heterocycles. The highest BCUT2D eigenvalue weighted by molar-refractivity contribution is 6.05. The zero-order chi connectivity index (χ0) is 15.5. The SMILES string of the molecule is Cc1ccc(NC(=O)c2cccc(-c3ccco3)c2)c(C)c1. The molecule has 0 radical (unpaired) electrons. The number of benzene rings is 2. The van der Waals surface area contributed by atoms with Crippen LogP contribution in [0.15, 0.2) is 65.3 Å². The molecule has 22 heavy (non-hydrogen) atoms. The van der Waals surface area contributed by atoms with Gasteiger partial charge in [-0.3, -0.25) is 4.79 Å². The fraction of sp³-hybridized carbons (Fsp3) is 0.105. The predicted molar refractivity (Wildman–Crippen MR) is 88.0 cm³/mol. The minimum absolute atomic E-state index is 0.125. The summed E-state index contributed by atoms with van der Waals surface area (Å²) in [7, 11) is 0. The lowest BCUT2D eigenvalue weighted by Crippen LogP contribution is -2.12. The van der Waals surface area contributed by atoms with Crippen molar-refractivity contribution in [3.63, 3.8) is 0 Å². The Hall–Kier alpha value is -2.81. The molecular weight excluding hydrogens is 274 g/mol. The van der Waals surface area contributed by atoms with Crippen LogP contribution in [-0.2, 0) is 0 Å². The summed E-state index contributed by atoms with van der Waals surface area (Å²) in [6, 6.07) is 17.1. The van der Waals surface area contributed by atoms with Crippen molar-refractivity contribution in [2.24, 2.45) is 0 Å². The molecule has 2 aromatic carbocycles. The topological polar surface area (TPSA) is 42.2 Å². The van der Waals surface area contributed by atoms with Crippen LogP contribution in [0.3, 0.4) is 0 Å². The number of amides is 1. The molecule has 0 saturated heterocycles. The van der Waals surface area contributed by atoms with Crippen molar-refractivity contribution in [2.75, 3.05) is 5.32 Å². The number of anilines is 1. The lowest BCUT2D eigenvalue weighted by atomic mass is 10.1. The number of nitrogens with one attached hydrogen (secondary N) is 1. The Balaban J connectivity index is 1.85. The van der Waals surface area contributed by atoms with Crippen LogP contribution in [0.1, 0.15) is 21.5 Å². The van der Waals surface area contributed by atoms with Crippen molar-refractivity contribution in [3.8, 4) is 11.3 Å². The van der Waals surface area contributed by atoms with Gasteiger partial charge in [0.2, 0.25) is 0 Å². The molecule has 0 atom stereocenters. The summed E-state index contributed by atoms with van der Waals surface area (Å²) in [6.07, 6.45) is 1.62. The Labute approximate surface area is 129 Å². The first-order valence-electron chi connectivity index (χ1n) is 7.16. The Morgan fingerprint density at radius 3 is 2.59 bits per heavy atom. The Morgan fingerprint density at radius 1 is 1.00 bits per heavy atom. The lowest BCUT2D eigenvalue weighted by molar-refractivity contribution is 0.102. The zero-order valence-electron chi connectivity index (χ0n) is 12.6. The van der Waals surface area contributed by atoms with Crippen molar-refractivity contribution in [1.82, 2.24) is 0 Å². The van der Waals surface area contributed by atoms with Crippen molar-refractivity contribution >= 4 is 11.6 Å². The molecule has 0 aliphatic heterocycles. The molecule has 110 valence electrons. The minimum atomic E-state index is -0.125. The summed E-state index contributed by atoms with van der Waals surface area (Å²) >= 11 is 0. The minimum Gasteiger partial charge on any atom is -0.464 e. The van der Waals surface area contributed by atoms with Gasteiger partial charge in [-0.05, 0) is 49.7 Å². The van der Waals surface area contributed by atoms with E-state index in [-0.39, 0.29) is 5.91 Å². The monoisotopic (exact) mass is 291 g/mol. The molecule has 0 aliphatic rings. The Morgan fingerprint density at radius 2 is 1.86 bits per heavy atom. The number of rotatable bonds is 3. The normalized spacial score (nSPS) is 10.5. The molecule has 0 saturated carbocycles. The maximum Gasteiger partial charge on any atom is 0.255 e. The summed E-state index contributed by atoms with van der Waals surface area (Å²) in [6.45, 7) is 4.02. The average Bonchev–Trinajstić information content (AvgIpc) is 3.04. The van der Waals surface area contributed by atoms with E-state index in [2.05, 4.69) is 11.4 Å². The van der Waals surface area contributed by atoms with Gasteiger partial charge in [0.15, 0.2) is 0 Å². The van der Waals surface area contributed by atoms with Gasteiger partial charge >= 0.3 is 0 Å². The van der Waals surface area contributed by atoms with E-state index in [1.807, 2.05) is 56.3 Å². The highest BCUT2D eigenvalue weighted by Crippen LogP contribution is 2.22. The third-order valence-electron chi connectivity index (χ3n) is 3.56. The van der Waals surface area contributed by atoms with Gasteiger partial charge in [-0.15, -0.1) is 0 Å². The zero-order valence-corrected chi connectivity index (χ0v) is 12.6. The first-order valence-corrected chi connectivity index (χ1v) is 7.16. The van der Waals surface area contributed by atoms with E-state index >= 15 is 0 Å². The van der Waals surface area contributed by atoms with Crippen LogP contribution in [0.25, 0.3) is 11.3 Å². The van der Waals surface area contributed by atoms with Gasteiger partial charge < -0.3 is 9.73 Å².